The average Bonchev–Trinajstić information content (AvgIpc) is 2.71. The van der Waals surface area contributed by atoms with E-state index >= 15 is 0 Å². The normalized spacial score (nSPS) is 22.3. The Morgan fingerprint density at radius 2 is 1.86 bits per heavy atom. The molecule has 2 heterocycles. The maximum absolute atomic E-state index is 12.4. The van der Waals surface area contributed by atoms with Crippen LogP contribution in [0.15, 0.2) is 30.3 Å². The van der Waals surface area contributed by atoms with Gasteiger partial charge in [-0.05, 0) is 44.9 Å². The molecule has 6 nitrogen and oxygen atoms in total. The Labute approximate surface area is 174 Å². The van der Waals surface area contributed by atoms with E-state index in [1.807, 2.05) is 23.1 Å². The van der Waals surface area contributed by atoms with Gasteiger partial charge in [0.1, 0.15) is 0 Å². The second-order valence-electron chi connectivity index (χ2n) is 7.67. The van der Waals surface area contributed by atoms with Crippen LogP contribution in [0.2, 0.25) is 0 Å². The molecule has 0 aliphatic carbocycles. The molecule has 0 saturated carbocycles. The Morgan fingerprint density at radius 3 is 2.54 bits per heavy atom. The Morgan fingerprint density at radius 1 is 1.14 bits per heavy atom. The number of nitrogens with zero attached hydrogens (tertiary/aromatic N) is 2. The molecule has 0 aromatic heterocycles. The summed E-state index contributed by atoms with van der Waals surface area (Å²) in [5.41, 5.74) is 1.22. The van der Waals surface area contributed by atoms with Crippen molar-refractivity contribution in [1.82, 2.24) is 15.5 Å². The first-order valence-corrected chi connectivity index (χ1v) is 10.2. The largest absolute Gasteiger partial charge is 0.368 e. The van der Waals surface area contributed by atoms with Gasteiger partial charge in [0.25, 0.3) is 0 Å². The Hall–Kier alpha value is -1.79. The van der Waals surface area contributed by atoms with E-state index in [1.54, 1.807) is 0 Å². The maximum atomic E-state index is 12.4. The number of hydrogen-bond donors (Lipinski definition) is 2. The minimum Gasteiger partial charge on any atom is -0.368 e. The highest BCUT2D eigenvalue weighted by Gasteiger charge is 2.24. The molecule has 2 aliphatic rings. The van der Waals surface area contributed by atoms with Crippen molar-refractivity contribution in [3.05, 3.63) is 30.3 Å². The van der Waals surface area contributed by atoms with Crippen molar-refractivity contribution < 1.29 is 9.59 Å². The fourth-order valence-corrected chi connectivity index (χ4v) is 3.98. The number of piperidine rings is 1. The molecule has 3 rings (SSSR count). The summed E-state index contributed by atoms with van der Waals surface area (Å²) in [7, 11) is 0. The van der Waals surface area contributed by atoms with Gasteiger partial charge in [-0.3, -0.25) is 9.59 Å². The van der Waals surface area contributed by atoms with Gasteiger partial charge in [-0.1, -0.05) is 18.2 Å². The van der Waals surface area contributed by atoms with Crippen LogP contribution in [0.5, 0.6) is 0 Å². The van der Waals surface area contributed by atoms with Gasteiger partial charge in [0.2, 0.25) is 11.8 Å². The Balaban J connectivity index is 0.00000280. The number of carbonyl (C=O) groups excluding carboxylic acids is 2. The summed E-state index contributed by atoms with van der Waals surface area (Å²) in [6.07, 6.45) is 3.02. The third kappa shape index (κ3) is 6.38. The molecule has 2 saturated heterocycles. The molecule has 28 heavy (non-hydrogen) atoms. The second-order valence-corrected chi connectivity index (χ2v) is 7.67. The SMILES string of the molecule is C[C@H]1C[C@@H](C(=O)NCCCC(=O)N2CCN(c3ccccc3)CC2)CCN1.Cl. The smallest absolute Gasteiger partial charge is 0.223 e. The minimum absolute atomic E-state index is 0. The zero-order chi connectivity index (χ0) is 19.1. The predicted molar refractivity (Wildman–Crippen MR) is 115 cm³/mol. The van der Waals surface area contributed by atoms with Crippen LogP contribution < -0.4 is 15.5 Å². The average molecular weight is 409 g/mol. The second kappa shape index (κ2) is 11.3. The van der Waals surface area contributed by atoms with Crippen molar-refractivity contribution in [2.45, 2.75) is 38.6 Å². The number of hydrogen-bond acceptors (Lipinski definition) is 4. The number of carbonyl (C=O) groups is 2. The molecule has 1 aromatic rings. The summed E-state index contributed by atoms with van der Waals surface area (Å²) in [5, 5.41) is 6.38. The van der Waals surface area contributed by atoms with E-state index in [1.165, 1.54) is 5.69 Å². The highest BCUT2D eigenvalue weighted by atomic mass is 35.5. The van der Waals surface area contributed by atoms with Crippen LogP contribution in [-0.4, -0.2) is 62.0 Å². The number of halogens is 1. The van der Waals surface area contributed by atoms with Gasteiger partial charge in [-0.25, -0.2) is 0 Å². The summed E-state index contributed by atoms with van der Waals surface area (Å²) in [6.45, 7) is 6.91. The quantitative estimate of drug-likeness (QED) is 0.707. The number of piperazine rings is 1. The van der Waals surface area contributed by atoms with Crippen molar-refractivity contribution in [2.75, 3.05) is 44.2 Å². The maximum Gasteiger partial charge on any atom is 0.223 e. The first-order valence-electron chi connectivity index (χ1n) is 10.2. The molecule has 0 spiro atoms. The molecule has 2 N–H and O–H groups in total. The van der Waals surface area contributed by atoms with Crippen LogP contribution in [0.3, 0.4) is 0 Å². The van der Waals surface area contributed by atoms with E-state index in [9.17, 15) is 9.59 Å². The van der Waals surface area contributed by atoms with E-state index in [4.69, 9.17) is 0 Å². The van der Waals surface area contributed by atoms with Crippen LogP contribution in [0.1, 0.15) is 32.6 Å². The topological polar surface area (TPSA) is 64.7 Å². The fraction of sp³-hybridized carbons (Fsp3) is 0.619. The van der Waals surface area contributed by atoms with Gasteiger partial charge in [0.15, 0.2) is 0 Å². The molecule has 2 atom stereocenters. The highest BCUT2D eigenvalue weighted by Crippen LogP contribution is 2.17. The van der Waals surface area contributed by atoms with Crippen LogP contribution in [0.25, 0.3) is 0 Å². The fourth-order valence-electron chi connectivity index (χ4n) is 3.98. The van der Waals surface area contributed by atoms with Crippen molar-refractivity contribution in [1.29, 1.82) is 0 Å². The molecule has 0 bridgehead atoms. The standard InChI is InChI=1S/C21H32N4O2.ClH/c1-17-16-18(9-11-22-17)21(27)23-10-5-8-20(26)25-14-12-24(13-15-25)19-6-3-2-4-7-19;/h2-4,6-7,17-18,22H,5,8-16H2,1H3,(H,23,27);1H/t17-,18-;/m0./s1. The Bertz CT molecular complexity index is 620. The van der Waals surface area contributed by atoms with Gasteiger partial charge >= 0.3 is 0 Å². The lowest BCUT2D eigenvalue weighted by Gasteiger charge is -2.36. The molecule has 0 radical (unpaired) electrons. The zero-order valence-corrected chi connectivity index (χ0v) is 17.5. The molecule has 7 heteroatoms. The van der Waals surface area contributed by atoms with Crippen molar-refractivity contribution >= 4 is 29.9 Å². The van der Waals surface area contributed by atoms with Gasteiger partial charge in [0, 0.05) is 56.8 Å². The summed E-state index contributed by atoms with van der Waals surface area (Å²) < 4.78 is 0. The van der Waals surface area contributed by atoms with E-state index < -0.39 is 0 Å². The molecule has 2 fully saturated rings. The van der Waals surface area contributed by atoms with Gasteiger partial charge in [0.05, 0.1) is 0 Å². The van der Waals surface area contributed by atoms with Crippen molar-refractivity contribution in [2.24, 2.45) is 5.92 Å². The first-order chi connectivity index (χ1) is 13.1. The molecule has 156 valence electrons. The molecule has 1 aromatic carbocycles. The van der Waals surface area contributed by atoms with Crippen LogP contribution >= 0.6 is 12.4 Å². The van der Waals surface area contributed by atoms with E-state index in [0.29, 0.717) is 25.4 Å². The number of benzene rings is 1. The molecule has 0 unspecified atom stereocenters. The monoisotopic (exact) mass is 408 g/mol. The van der Waals surface area contributed by atoms with E-state index in [0.717, 1.165) is 45.6 Å². The van der Waals surface area contributed by atoms with Gasteiger partial charge in [-0.15, -0.1) is 12.4 Å². The molecule has 2 aliphatic heterocycles. The lowest BCUT2D eigenvalue weighted by Crippen LogP contribution is -2.48. The molecular formula is C21H33ClN4O2. The third-order valence-electron chi connectivity index (χ3n) is 5.61. The highest BCUT2D eigenvalue weighted by molar-refractivity contribution is 5.85. The Kier molecular flexibility index (Phi) is 9.06. The number of amides is 2. The van der Waals surface area contributed by atoms with Crippen LogP contribution in [0.4, 0.5) is 5.69 Å². The predicted octanol–water partition coefficient (Wildman–Crippen LogP) is 2.04. The number of para-hydroxylation sites is 1. The van der Waals surface area contributed by atoms with Crippen molar-refractivity contribution in [3.63, 3.8) is 0 Å². The van der Waals surface area contributed by atoms with E-state index in [-0.39, 0.29) is 30.1 Å². The summed E-state index contributed by atoms with van der Waals surface area (Å²) in [4.78, 5) is 28.9. The zero-order valence-electron chi connectivity index (χ0n) is 16.7. The molecular weight excluding hydrogens is 376 g/mol. The lowest BCUT2D eigenvalue weighted by atomic mass is 9.92. The summed E-state index contributed by atoms with van der Waals surface area (Å²) in [5.74, 6) is 0.461. The van der Waals surface area contributed by atoms with E-state index in [2.05, 4.69) is 34.6 Å². The summed E-state index contributed by atoms with van der Waals surface area (Å²) in [6, 6.07) is 10.8. The first kappa shape index (κ1) is 22.5. The van der Waals surface area contributed by atoms with Gasteiger partial charge < -0.3 is 20.4 Å². The van der Waals surface area contributed by atoms with Crippen molar-refractivity contribution in [3.8, 4) is 0 Å². The lowest BCUT2D eigenvalue weighted by molar-refractivity contribution is -0.132. The summed E-state index contributed by atoms with van der Waals surface area (Å²) >= 11 is 0. The third-order valence-corrected chi connectivity index (χ3v) is 5.61. The number of anilines is 1. The van der Waals surface area contributed by atoms with Gasteiger partial charge in [-0.2, -0.15) is 0 Å². The number of nitrogens with one attached hydrogen (secondary N) is 2. The van der Waals surface area contributed by atoms with Crippen LogP contribution in [-0.2, 0) is 9.59 Å². The van der Waals surface area contributed by atoms with Crippen LogP contribution in [0, 0.1) is 5.92 Å². The minimum atomic E-state index is 0. The molecule has 2 amide bonds. The number of rotatable bonds is 6.